The van der Waals surface area contributed by atoms with Crippen LogP contribution >= 0.6 is 28.3 Å². The van der Waals surface area contributed by atoms with Crippen LogP contribution in [0.3, 0.4) is 0 Å². The second-order valence-electron chi connectivity index (χ2n) is 24.8. The Morgan fingerprint density at radius 2 is 0.779 bits per heavy atom. The fourth-order valence-corrected chi connectivity index (χ4v) is 12.9. The number of rotatable bonds is 16. The van der Waals surface area contributed by atoms with Crippen molar-refractivity contribution in [1.82, 2.24) is 44.5 Å². The number of carboxylic acids is 1. The van der Waals surface area contributed by atoms with Crippen LogP contribution in [-0.2, 0) is 48.7 Å². The number of esters is 2. The molecule has 0 atom stereocenters. The molecule has 0 bridgehead atoms. The average Bonchev–Trinajstić information content (AvgIpc) is 1.63. The molecule has 0 aliphatic heterocycles. The number of amides is 2. The summed E-state index contributed by atoms with van der Waals surface area (Å²) in [5, 5.41) is 42.0. The Balaban J connectivity index is 0.000000152. The van der Waals surface area contributed by atoms with Crippen LogP contribution in [0, 0.1) is 24.7 Å². The topological polar surface area (TPSA) is 292 Å². The predicted octanol–water partition coefficient (Wildman–Crippen LogP) is 17.8. The lowest BCUT2D eigenvalue weighted by Gasteiger charge is -2.05. The van der Waals surface area contributed by atoms with Gasteiger partial charge in [0.1, 0.15) is 0 Å². The van der Waals surface area contributed by atoms with E-state index >= 15 is 0 Å². The van der Waals surface area contributed by atoms with Gasteiger partial charge in [0.15, 0.2) is 34.4 Å². The van der Waals surface area contributed by atoms with E-state index < -0.39 is 17.8 Å². The van der Waals surface area contributed by atoms with Crippen molar-refractivity contribution in [2.24, 2.45) is 5.73 Å². The number of fused-ring (bicyclic) bond motifs is 12. The molecule has 10 aromatic carbocycles. The van der Waals surface area contributed by atoms with E-state index in [0.717, 1.165) is 65.8 Å². The van der Waals surface area contributed by atoms with Gasteiger partial charge in [-0.15, -0.1) is 25.3 Å². The summed E-state index contributed by atoms with van der Waals surface area (Å²) in [5.41, 5.74) is 18.9. The number of terminal acetylenes is 2. The molecule has 0 unspecified atom stereocenters. The largest absolute Gasteiger partial charge is 0.476 e. The van der Waals surface area contributed by atoms with Gasteiger partial charge in [0.2, 0.25) is 0 Å². The Bertz CT molecular complexity index is 6040. The molecule has 24 heteroatoms. The van der Waals surface area contributed by atoms with E-state index in [-0.39, 0.29) is 55.3 Å². The molecular weight excluding hydrogens is 1520 g/mol. The van der Waals surface area contributed by atoms with E-state index in [9.17, 15) is 24.0 Å². The number of methoxy groups -OCH3 is 1. The molecule has 0 aliphatic rings. The minimum atomic E-state index is -1.09. The first-order valence-corrected chi connectivity index (χ1v) is 36.1. The average molecular weight is 1600 g/mol. The van der Waals surface area contributed by atoms with Gasteiger partial charge >= 0.3 is 17.9 Å². The van der Waals surface area contributed by atoms with Crippen LogP contribution < -0.4 is 16.5 Å². The molecule has 17 aromatic rings. The lowest BCUT2D eigenvalue weighted by molar-refractivity contribution is 0.0512. The quantitative estimate of drug-likeness (QED) is 0.0197. The lowest BCUT2D eigenvalue weighted by atomic mass is 10.1. The number of hydrogen-bond donors (Lipinski definition) is 5. The molecule has 2 amide bonds. The maximum atomic E-state index is 12.5. The van der Waals surface area contributed by atoms with Crippen LogP contribution in [0.1, 0.15) is 94.9 Å². The summed E-state index contributed by atoms with van der Waals surface area (Å²) in [6, 6.07) is 84.1. The van der Waals surface area contributed by atoms with Gasteiger partial charge in [0.25, 0.3) is 11.8 Å². The number of nitrogens with one attached hydrogen (secondary N) is 2. The number of carbonyl (C=O) groups excluding carboxylic acids is 4. The minimum absolute atomic E-state index is 0. The number of ether oxygens (including phenoxy) is 2. The van der Waals surface area contributed by atoms with Crippen molar-refractivity contribution in [3.63, 3.8) is 0 Å². The summed E-state index contributed by atoms with van der Waals surface area (Å²) in [5.74, 6) is 3.95. The highest BCUT2D eigenvalue weighted by Gasteiger charge is 2.20. The van der Waals surface area contributed by atoms with Gasteiger partial charge in [-0.2, -0.15) is 0 Å². The number of nitrogens with zero attached hydrogens (tertiary/aromatic N) is 7. The first-order valence-electron chi connectivity index (χ1n) is 35.0. The number of halogens is 2. The van der Waals surface area contributed by atoms with Gasteiger partial charge in [-0.05, 0) is 90.8 Å². The van der Waals surface area contributed by atoms with Crippen LogP contribution in [0.4, 0.5) is 0 Å². The number of benzene rings is 10. The van der Waals surface area contributed by atoms with Crippen molar-refractivity contribution >= 4 is 145 Å². The standard InChI is InChI=1S/C25H20N4O4.C19H16N2O3.C17H12N2O3.C15H11N.C9H11NO2.C3H3Br.CH4.ClH/c30-24(27-32)17-11-9-16(10-12-17)14-26-25(31)21-13-18(33-28-21)15-29-22-7-3-1-5-19(22)20-6-2-4-8-23(20)29;1-2-23-19(22)16-11-13(24-20-16)12-21-17-9-5-3-7-14(17)15-8-4-6-10-18(15)21;20-17(21)14-9-11(22-18-14)10-19-15-7-3-1-5-12(15)13-6-2-4-8-16(13)19;1-2-11-16-14-9-5-3-7-12(14)13-8-4-6-10-15(13)16;1-12-9(11)8-4-2-7(6-10)3-5-8;1-2-3-4;;/h1-13,32H,14-15H2,(H,26,31)(H,27,30);3-11H,2,12H2,1H3;1-9H,10H2,(H,20,21);1,3-10H,11H2;2-5H,6,10H2,1H3;1H,3H2;1H4;1H. The zero-order chi connectivity index (χ0) is 77.8. The molecule has 6 N–H and O–H groups in total. The smallest absolute Gasteiger partial charge is 0.360 e. The number of hydroxylamine groups is 1. The highest BCUT2D eigenvalue weighted by Crippen LogP contribution is 2.34. The molecule has 0 saturated carbocycles. The normalized spacial score (nSPS) is 10.5. The fourth-order valence-electron chi connectivity index (χ4n) is 12.9. The third kappa shape index (κ3) is 18.9. The van der Waals surface area contributed by atoms with Crippen molar-refractivity contribution in [3.8, 4) is 24.7 Å². The summed E-state index contributed by atoms with van der Waals surface area (Å²) >= 11 is 3.01. The number of aromatic nitrogens is 7. The summed E-state index contributed by atoms with van der Waals surface area (Å²) in [4.78, 5) is 57.5. The SMILES string of the molecule is C.C#CCBr.C#CCn1c2ccccc2c2ccccc21.CCOC(=O)c1cc(Cn2c3ccccc3c3ccccc32)on1.COC(=O)c1ccc(CN)cc1.Cl.O=C(NO)c1ccc(CNC(=O)c2cc(Cn3c4ccccc4c4ccccc43)on2)cc1.O=C(O)c1cc(Cn2c3ccccc3c3ccccc32)on1. The molecule has 7 aromatic heterocycles. The second kappa shape index (κ2) is 39.0. The van der Waals surface area contributed by atoms with E-state index in [1.54, 1.807) is 60.9 Å². The first-order chi connectivity index (χ1) is 54.3. The van der Waals surface area contributed by atoms with Crippen LogP contribution in [-0.4, -0.2) is 92.8 Å². The molecule has 113 heavy (non-hydrogen) atoms. The lowest BCUT2D eigenvalue weighted by Crippen LogP contribution is -2.23. The van der Waals surface area contributed by atoms with Gasteiger partial charge < -0.3 is 57.5 Å². The monoisotopic (exact) mass is 1590 g/mol. The van der Waals surface area contributed by atoms with Crippen molar-refractivity contribution in [3.05, 3.63) is 317 Å². The predicted molar refractivity (Wildman–Crippen MR) is 445 cm³/mol. The zero-order valence-corrected chi connectivity index (χ0v) is 63.0. The molecule has 17 rings (SSSR count). The Hall–Kier alpha value is -13.8. The van der Waals surface area contributed by atoms with Gasteiger partial charge in [0, 0.05) is 124 Å². The van der Waals surface area contributed by atoms with Gasteiger partial charge in [-0.1, -0.05) is 221 Å². The molecule has 0 fully saturated rings. The molecule has 22 nitrogen and oxygen atoms in total. The van der Waals surface area contributed by atoms with E-state index in [1.165, 1.54) is 45.8 Å². The van der Waals surface area contributed by atoms with Crippen molar-refractivity contribution in [2.45, 2.75) is 53.6 Å². The summed E-state index contributed by atoms with van der Waals surface area (Å²) in [7, 11) is 1.36. The number of alkyl halides is 1. The molecule has 0 aliphatic carbocycles. The van der Waals surface area contributed by atoms with Crippen LogP contribution in [0.5, 0.6) is 0 Å². The van der Waals surface area contributed by atoms with Crippen LogP contribution in [0.2, 0.25) is 0 Å². The number of carbonyl (C=O) groups is 5. The maximum Gasteiger partial charge on any atom is 0.360 e. The highest BCUT2D eigenvalue weighted by molar-refractivity contribution is 9.09. The zero-order valence-electron chi connectivity index (χ0n) is 60.6. The first kappa shape index (κ1) is 81.7. The maximum absolute atomic E-state index is 12.5. The van der Waals surface area contributed by atoms with E-state index in [0.29, 0.717) is 73.1 Å². The summed E-state index contributed by atoms with van der Waals surface area (Å²) in [6.45, 7) is 4.83. The molecular formula is C89H78BrClN10O12. The summed E-state index contributed by atoms with van der Waals surface area (Å²) in [6.07, 6.45) is 10.2. The molecule has 0 spiro atoms. The van der Waals surface area contributed by atoms with Crippen LogP contribution in [0.25, 0.3) is 87.2 Å². The fraction of sp³-hybridized carbons (Fsp3) is 0.124. The third-order valence-corrected chi connectivity index (χ3v) is 18.3. The number of para-hydroxylation sites is 8. The van der Waals surface area contributed by atoms with Crippen LogP contribution in [0.15, 0.2) is 274 Å². The highest BCUT2D eigenvalue weighted by atomic mass is 79.9. The number of aromatic carboxylic acids is 1. The number of nitrogens with two attached hydrogens (primary N) is 1. The molecule has 0 radical (unpaired) electrons. The van der Waals surface area contributed by atoms with Crippen molar-refractivity contribution < 1.29 is 57.3 Å². The molecule has 570 valence electrons. The van der Waals surface area contributed by atoms with Gasteiger partial charge in [-0.25, -0.2) is 19.9 Å². The summed E-state index contributed by atoms with van der Waals surface area (Å²) < 4.78 is 34.0. The molecule has 7 heterocycles. The number of carboxylic acid groups (broad SMARTS) is 1. The minimum Gasteiger partial charge on any atom is -0.476 e. The van der Waals surface area contributed by atoms with E-state index in [1.807, 2.05) is 109 Å². The second-order valence-corrected chi connectivity index (χ2v) is 25.4. The van der Waals surface area contributed by atoms with E-state index in [2.05, 4.69) is 169 Å². The Morgan fingerprint density at radius 3 is 1.10 bits per heavy atom. The Kier molecular flexibility index (Phi) is 28.2. The Morgan fingerprint density at radius 1 is 0.460 bits per heavy atom. The Labute approximate surface area is 663 Å². The molecule has 0 saturated heterocycles. The van der Waals surface area contributed by atoms with Gasteiger partial charge in [-0.3, -0.25) is 14.8 Å². The third-order valence-electron chi connectivity index (χ3n) is 18.0. The number of hydrogen-bond acceptors (Lipinski definition) is 15. The van der Waals surface area contributed by atoms with Crippen molar-refractivity contribution in [2.75, 3.05) is 19.0 Å². The van der Waals surface area contributed by atoms with Crippen molar-refractivity contribution in [1.29, 1.82) is 0 Å². The van der Waals surface area contributed by atoms with E-state index in [4.69, 9.17) is 47.2 Å². The van der Waals surface area contributed by atoms with Gasteiger partial charge in [0.05, 0.1) is 50.8 Å².